The monoisotopic (exact) mass is 428 g/mol. The van der Waals surface area contributed by atoms with E-state index in [4.69, 9.17) is 21.4 Å². The predicted molar refractivity (Wildman–Crippen MR) is 121 cm³/mol. The van der Waals surface area contributed by atoms with Crippen molar-refractivity contribution in [1.29, 1.82) is 0 Å². The van der Waals surface area contributed by atoms with E-state index in [0.29, 0.717) is 5.02 Å². The van der Waals surface area contributed by atoms with E-state index in [1.165, 1.54) is 22.9 Å². The average Bonchev–Trinajstić information content (AvgIpc) is 3.25. The lowest BCUT2D eigenvalue weighted by Crippen LogP contribution is -2.33. The number of halogens is 2. The highest BCUT2D eigenvalue weighted by atomic mass is 35.5. The summed E-state index contributed by atoms with van der Waals surface area (Å²) in [5.41, 5.74) is 3.97. The SMILES string of the molecule is Fc1ccc([C@@H]2Oc3ccc(Cl)cc3[C@@H]3CC(c4ccc5ccccc5c4)=NN32)cc1. The summed E-state index contributed by atoms with van der Waals surface area (Å²) >= 11 is 6.30. The van der Waals surface area contributed by atoms with Gasteiger partial charge in [0.05, 0.1) is 11.8 Å². The van der Waals surface area contributed by atoms with Gasteiger partial charge in [0.1, 0.15) is 11.6 Å². The van der Waals surface area contributed by atoms with Crippen LogP contribution in [0.2, 0.25) is 5.02 Å². The normalized spacial score (nSPS) is 19.5. The number of hydrogen-bond acceptors (Lipinski definition) is 3. The first kappa shape index (κ1) is 18.4. The van der Waals surface area contributed by atoms with Crippen molar-refractivity contribution in [2.45, 2.75) is 18.7 Å². The fraction of sp³-hybridized carbons (Fsp3) is 0.115. The molecule has 0 bridgehead atoms. The van der Waals surface area contributed by atoms with E-state index >= 15 is 0 Å². The number of rotatable bonds is 2. The lowest BCUT2D eigenvalue weighted by molar-refractivity contribution is -0.0190. The largest absolute Gasteiger partial charge is 0.464 e. The van der Waals surface area contributed by atoms with Crippen LogP contribution in [0.5, 0.6) is 5.75 Å². The third kappa shape index (κ3) is 3.15. The van der Waals surface area contributed by atoms with Gasteiger partial charge in [-0.25, -0.2) is 9.40 Å². The predicted octanol–water partition coefficient (Wildman–Crippen LogP) is 6.87. The summed E-state index contributed by atoms with van der Waals surface area (Å²) < 4.78 is 19.8. The van der Waals surface area contributed by atoms with Crippen molar-refractivity contribution >= 4 is 28.1 Å². The zero-order valence-corrected chi connectivity index (χ0v) is 17.3. The van der Waals surface area contributed by atoms with Crippen LogP contribution < -0.4 is 4.74 Å². The molecule has 0 N–H and O–H groups in total. The van der Waals surface area contributed by atoms with Crippen LogP contribution in [0.4, 0.5) is 4.39 Å². The van der Waals surface area contributed by atoms with Gasteiger partial charge >= 0.3 is 0 Å². The molecule has 2 aliphatic heterocycles. The van der Waals surface area contributed by atoms with Crippen molar-refractivity contribution in [1.82, 2.24) is 5.01 Å². The van der Waals surface area contributed by atoms with Gasteiger partial charge in [-0.05, 0) is 52.7 Å². The summed E-state index contributed by atoms with van der Waals surface area (Å²) in [7, 11) is 0. The zero-order chi connectivity index (χ0) is 20.9. The van der Waals surface area contributed by atoms with Crippen LogP contribution >= 0.6 is 11.6 Å². The second-order valence-electron chi connectivity index (χ2n) is 7.91. The Bertz CT molecular complexity index is 1340. The topological polar surface area (TPSA) is 24.8 Å². The molecule has 2 aliphatic rings. The molecule has 0 saturated carbocycles. The molecule has 3 nitrogen and oxygen atoms in total. The second kappa shape index (κ2) is 7.10. The molecule has 0 spiro atoms. The van der Waals surface area contributed by atoms with E-state index in [-0.39, 0.29) is 11.9 Å². The molecule has 0 amide bonds. The molecule has 4 aromatic rings. The number of ether oxygens (including phenoxy) is 1. The molecule has 0 fully saturated rings. The highest BCUT2D eigenvalue weighted by Gasteiger charge is 2.41. The first-order valence-electron chi connectivity index (χ1n) is 10.2. The van der Waals surface area contributed by atoms with E-state index in [1.54, 1.807) is 12.1 Å². The Labute approximate surface area is 184 Å². The minimum Gasteiger partial charge on any atom is -0.464 e. The van der Waals surface area contributed by atoms with Crippen molar-refractivity contribution in [3.05, 3.63) is 112 Å². The molecule has 0 unspecified atom stereocenters. The van der Waals surface area contributed by atoms with Gasteiger partial charge in [0, 0.05) is 22.6 Å². The molecule has 2 atom stereocenters. The average molecular weight is 429 g/mol. The maximum atomic E-state index is 13.5. The number of hydrogen-bond donors (Lipinski definition) is 0. The maximum Gasteiger partial charge on any atom is 0.213 e. The first-order valence-corrected chi connectivity index (χ1v) is 10.6. The number of hydrazone groups is 1. The van der Waals surface area contributed by atoms with Crippen LogP contribution in [0.3, 0.4) is 0 Å². The van der Waals surface area contributed by atoms with Gasteiger partial charge < -0.3 is 4.74 Å². The summed E-state index contributed by atoms with van der Waals surface area (Å²) in [5.74, 6) is 0.514. The fourth-order valence-electron chi connectivity index (χ4n) is 4.45. The quantitative estimate of drug-likeness (QED) is 0.348. The highest BCUT2D eigenvalue weighted by molar-refractivity contribution is 6.30. The summed E-state index contributed by atoms with van der Waals surface area (Å²) in [5, 5.41) is 10.0. The van der Waals surface area contributed by atoms with Gasteiger partial charge in [-0.3, -0.25) is 0 Å². The second-order valence-corrected chi connectivity index (χ2v) is 8.35. The molecule has 0 radical (unpaired) electrons. The molecular formula is C26H18ClFN2O. The highest BCUT2D eigenvalue weighted by Crippen LogP contribution is 2.48. The van der Waals surface area contributed by atoms with Crippen molar-refractivity contribution in [3.63, 3.8) is 0 Å². The maximum absolute atomic E-state index is 13.5. The zero-order valence-electron chi connectivity index (χ0n) is 16.5. The summed E-state index contributed by atoms with van der Waals surface area (Å²) in [6, 6.07) is 26.8. The van der Waals surface area contributed by atoms with Crippen LogP contribution in [0.15, 0.2) is 90.0 Å². The van der Waals surface area contributed by atoms with E-state index in [0.717, 1.165) is 34.6 Å². The third-order valence-corrected chi connectivity index (χ3v) is 6.22. The molecule has 2 heterocycles. The van der Waals surface area contributed by atoms with Crippen molar-refractivity contribution in [2.75, 3.05) is 0 Å². The minimum absolute atomic E-state index is 0.000951. The Morgan fingerprint density at radius 3 is 2.55 bits per heavy atom. The van der Waals surface area contributed by atoms with Crippen molar-refractivity contribution < 1.29 is 9.13 Å². The van der Waals surface area contributed by atoms with Gasteiger partial charge in [0.25, 0.3) is 0 Å². The van der Waals surface area contributed by atoms with Crippen LogP contribution in [0.1, 0.15) is 35.4 Å². The van der Waals surface area contributed by atoms with E-state index in [1.807, 2.05) is 35.3 Å². The Kier molecular flexibility index (Phi) is 4.22. The van der Waals surface area contributed by atoms with Gasteiger partial charge in [-0.15, -0.1) is 0 Å². The van der Waals surface area contributed by atoms with E-state index < -0.39 is 6.23 Å². The van der Waals surface area contributed by atoms with Crippen LogP contribution in [-0.4, -0.2) is 10.7 Å². The number of fused-ring (bicyclic) bond motifs is 4. The lowest BCUT2D eigenvalue weighted by Gasteiger charge is -2.38. The Morgan fingerprint density at radius 2 is 1.71 bits per heavy atom. The van der Waals surface area contributed by atoms with E-state index in [2.05, 4.69) is 30.3 Å². The van der Waals surface area contributed by atoms with Crippen LogP contribution in [0.25, 0.3) is 10.8 Å². The summed E-state index contributed by atoms with van der Waals surface area (Å²) in [6.07, 6.45) is 0.310. The van der Waals surface area contributed by atoms with Gasteiger partial charge in [-0.2, -0.15) is 5.10 Å². The number of nitrogens with zero attached hydrogens (tertiary/aromatic N) is 2. The standard InChI is InChI=1S/C26H18ClFN2O/c27-20-9-12-25-22(14-20)24-15-23(19-6-5-16-3-1-2-4-18(16)13-19)29-30(24)26(31-25)17-7-10-21(28)11-8-17/h1-14,24,26H,15H2/t24-,26-/m0/s1. The number of benzene rings is 4. The summed E-state index contributed by atoms with van der Waals surface area (Å²) in [6.45, 7) is 0. The molecule has 152 valence electrons. The molecule has 4 aromatic carbocycles. The molecule has 6 rings (SSSR count). The van der Waals surface area contributed by atoms with Crippen molar-refractivity contribution in [2.24, 2.45) is 5.10 Å². The Morgan fingerprint density at radius 1 is 0.903 bits per heavy atom. The summed E-state index contributed by atoms with van der Waals surface area (Å²) in [4.78, 5) is 0. The third-order valence-electron chi connectivity index (χ3n) is 5.99. The smallest absolute Gasteiger partial charge is 0.213 e. The molecule has 0 aliphatic carbocycles. The van der Waals surface area contributed by atoms with Gasteiger partial charge in [-0.1, -0.05) is 60.1 Å². The Hall–Kier alpha value is -3.37. The van der Waals surface area contributed by atoms with Crippen LogP contribution in [-0.2, 0) is 0 Å². The molecule has 5 heteroatoms. The van der Waals surface area contributed by atoms with Gasteiger partial charge in [0.2, 0.25) is 6.23 Å². The molecule has 31 heavy (non-hydrogen) atoms. The molecular weight excluding hydrogens is 411 g/mol. The molecule has 0 saturated heterocycles. The van der Waals surface area contributed by atoms with Gasteiger partial charge in [0.15, 0.2) is 0 Å². The minimum atomic E-state index is -0.433. The van der Waals surface area contributed by atoms with Crippen LogP contribution in [0, 0.1) is 5.82 Å². The molecule has 0 aromatic heterocycles. The fourth-order valence-corrected chi connectivity index (χ4v) is 4.63. The van der Waals surface area contributed by atoms with Crippen molar-refractivity contribution in [3.8, 4) is 5.75 Å². The Balaban J connectivity index is 1.45. The van der Waals surface area contributed by atoms with E-state index in [9.17, 15) is 4.39 Å². The lowest BCUT2D eigenvalue weighted by atomic mass is 9.95. The first-order chi connectivity index (χ1) is 15.2.